The fourth-order valence-electron chi connectivity index (χ4n) is 4.20. The molecular formula is C25H27N5O4. The number of benzene rings is 2. The van der Waals surface area contributed by atoms with Gasteiger partial charge in [0.05, 0.1) is 31.3 Å². The van der Waals surface area contributed by atoms with Crippen LogP contribution in [-0.2, 0) is 9.53 Å². The maximum Gasteiger partial charge on any atom is 0.305 e. The lowest BCUT2D eigenvalue weighted by atomic mass is 10.0. The molecule has 4 N–H and O–H groups in total. The average Bonchev–Trinajstić information content (AvgIpc) is 3.53. The normalized spacial score (nSPS) is 17.4. The zero-order valence-corrected chi connectivity index (χ0v) is 18.9. The van der Waals surface area contributed by atoms with Crippen molar-refractivity contribution >= 4 is 17.7 Å². The summed E-state index contributed by atoms with van der Waals surface area (Å²) in [4.78, 5) is 26.5. The minimum Gasteiger partial charge on any atom is -0.491 e. The van der Waals surface area contributed by atoms with Crippen molar-refractivity contribution in [2.45, 2.75) is 18.9 Å². The van der Waals surface area contributed by atoms with Crippen molar-refractivity contribution in [3.63, 3.8) is 0 Å². The Balaban J connectivity index is 1.42. The Kier molecular flexibility index (Phi) is 6.91. The Morgan fingerprint density at radius 2 is 1.79 bits per heavy atom. The van der Waals surface area contributed by atoms with E-state index in [0.29, 0.717) is 36.4 Å². The maximum absolute atomic E-state index is 13.0. The van der Waals surface area contributed by atoms with Crippen molar-refractivity contribution in [1.29, 1.82) is 5.41 Å². The molecule has 0 radical (unpaired) electrons. The van der Waals surface area contributed by atoms with Crippen LogP contribution < -0.4 is 10.5 Å². The molecule has 9 heteroatoms. The van der Waals surface area contributed by atoms with Crippen LogP contribution in [0, 0.1) is 11.3 Å². The number of nitrogens with two attached hydrogens (primary N) is 1. The maximum atomic E-state index is 13.0. The Morgan fingerprint density at radius 3 is 2.38 bits per heavy atom. The summed E-state index contributed by atoms with van der Waals surface area (Å²) in [6, 6.07) is 15.0. The van der Waals surface area contributed by atoms with Crippen LogP contribution in [0.3, 0.4) is 0 Å². The van der Waals surface area contributed by atoms with Gasteiger partial charge in [-0.3, -0.25) is 20.1 Å². The van der Waals surface area contributed by atoms with Gasteiger partial charge < -0.3 is 20.1 Å². The standard InChI is InChI=1S/C25H27N5O4/c1-33-23(31)11-16-10-21(30(14-16)25(32)20-12-28-29-13-20)15-34-22-8-6-18(7-9-22)17-2-4-19(5-3-17)24(26)27/h2-9,12-13,16,21H,10-11,14-15H2,1H3,(H3,26,27)(H,28,29)/t16-,21-/m0/s1. The Labute approximate surface area is 197 Å². The predicted molar refractivity (Wildman–Crippen MR) is 127 cm³/mol. The first-order chi connectivity index (χ1) is 16.4. The summed E-state index contributed by atoms with van der Waals surface area (Å²) in [7, 11) is 1.37. The van der Waals surface area contributed by atoms with Crippen molar-refractivity contribution in [3.05, 3.63) is 72.1 Å². The van der Waals surface area contributed by atoms with Crippen LogP contribution in [0.25, 0.3) is 11.1 Å². The number of nitrogens with one attached hydrogen (secondary N) is 2. The van der Waals surface area contributed by atoms with E-state index >= 15 is 0 Å². The van der Waals surface area contributed by atoms with Crippen LogP contribution >= 0.6 is 0 Å². The van der Waals surface area contributed by atoms with Crippen molar-refractivity contribution < 1.29 is 19.1 Å². The molecule has 1 aromatic heterocycles. The number of H-pyrrole nitrogens is 1. The lowest BCUT2D eigenvalue weighted by Crippen LogP contribution is -2.39. The van der Waals surface area contributed by atoms with Crippen LogP contribution in [0.1, 0.15) is 28.8 Å². The number of amidine groups is 1. The SMILES string of the molecule is COC(=O)C[C@@H]1C[C@@H](COc2ccc(-c3ccc(C(=N)N)cc3)cc2)N(C(=O)c2cn[nH]c2)C1. The number of nitrogen functional groups attached to an aromatic ring is 1. The highest BCUT2D eigenvalue weighted by Crippen LogP contribution is 2.29. The molecule has 4 rings (SSSR count). The van der Waals surface area contributed by atoms with Gasteiger partial charge in [-0.15, -0.1) is 0 Å². The number of carbonyl (C=O) groups is 2. The minimum atomic E-state index is -0.283. The third-order valence-electron chi connectivity index (χ3n) is 6.02. The summed E-state index contributed by atoms with van der Waals surface area (Å²) >= 11 is 0. The highest BCUT2D eigenvalue weighted by Gasteiger charge is 2.37. The van der Waals surface area contributed by atoms with E-state index in [-0.39, 0.29) is 36.1 Å². The molecule has 176 valence electrons. The van der Waals surface area contributed by atoms with Gasteiger partial charge >= 0.3 is 5.97 Å². The molecule has 1 aliphatic heterocycles. The average molecular weight is 462 g/mol. The highest BCUT2D eigenvalue weighted by atomic mass is 16.5. The molecule has 2 aromatic carbocycles. The zero-order chi connectivity index (χ0) is 24.1. The number of likely N-dealkylation sites (tertiary alicyclic amines) is 1. The van der Waals surface area contributed by atoms with Crippen LogP contribution in [0.5, 0.6) is 5.75 Å². The van der Waals surface area contributed by atoms with Gasteiger partial charge in [-0.2, -0.15) is 5.10 Å². The number of ether oxygens (including phenoxy) is 2. The monoisotopic (exact) mass is 461 g/mol. The van der Waals surface area contributed by atoms with Gasteiger partial charge in [0, 0.05) is 18.3 Å². The topological polar surface area (TPSA) is 134 Å². The van der Waals surface area contributed by atoms with Gasteiger partial charge in [0.2, 0.25) is 0 Å². The van der Waals surface area contributed by atoms with E-state index in [1.54, 1.807) is 11.1 Å². The Hall–Kier alpha value is -4.14. The Bertz CT molecular complexity index is 1140. The van der Waals surface area contributed by atoms with Gasteiger partial charge in [0.1, 0.15) is 18.2 Å². The molecule has 0 unspecified atom stereocenters. The molecule has 2 atom stereocenters. The number of hydrogen-bond acceptors (Lipinski definition) is 6. The van der Waals surface area contributed by atoms with E-state index in [0.717, 1.165) is 11.1 Å². The van der Waals surface area contributed by atoms with Crippen LogP contribution in [0.15, 0.2) is 60.9 Å². The zero-order valence-electron chi connectivity index (χ0n) is 18.9. The van der Waals surface area contributed by atoms with E-state index in [2.05, 4.69) is 10.2 Å². The lowest BCUT2D eigenvalue weighted by molar-refractivity contribution is -0.141. The summed E-state index contributed by atoms with van der Waals surface area (Å²) in [5.74, 6) is 0.318. The number of hydrogen-bond donors (Lipinski definition) is 3. The second-order valence-electron chi connectivity index (χ2n) is 8.31. The van der Waals surface area contributed by atoms with Crippen LogP contribution in [-0.4, -0.2) is 59.1 Å². The van der Waals surface area contributed by atoms with E-state index in [9.17, 15) is 9.59 Å². The van der Waals surface area contributed by atoms with Gasteiger partial charge in [-0.25, -0.2) is 0 Å². The minimum absolute atomic E-state index is 0.0113. The number of nitrogens with zero attached hydrogens (tertiary/aromatic N) is 2. The summed E-state index contributed by atoms with van der Waals surface area (Å²) in [6.45, 7) is 0.774. The molecule has 0 bridgehead atoms. The van der Waals surface area contributed by atoms with E-state index in [1.807, 2.05) is 48.5 Å². The van der Waals surface area contributed by atoms with E-state index < -0.39 is 0 Å². The Morgan fingerprint density at radius 1 is 1.12 bits per heavy atom. The van der Waals surface area contributed by atoms with Crippen molar-refractivity contribution in [2.75, 3.05) is 20.3 Å². The molecule has 2 heterocycles. The molecule has 0 saturated carbocycles. The summed E-state index contributed by atoms with van der Waals surface area (Å²) in [5, 5.41) is 14.0. The number of aromatic nitrogens is 2. The molecule has 0 spiro atoms. The number of esters is 1. The number of rotatable bonds is 8. The molecule has 0 aliphatic carbocycles. The predicted octanol–water partition coefficient (Wildman–Crippen LogP) is 2.83. The number of amides is 1. The first kappa shape index (κ1) is 23.0. The third-order valence-corrected chi connectivity index (χ3v) is 6.02. The quantitative estimate of drug-likeness (QED) is 0.268. The summed E-state index contributed by atoms with van der Waals surface area (Å²) < 4.78 is 10.8. The molecular weight excluding hydrogens is 434 g/mol. The first-order valence-corrected chi connectivity index (χ1v) is 11.0. The fraction of sp³-hybridized carbons (Fsp3) is 0.280. The molecule has 1 amide bonds. The van der Waals surface area contributed by atoms with Crippen molar-refractivity contribution in [1.82, 2.24) is 15.1 Å². The molecule has 34 heavy (non-hydrogen) atoms. The van der Waals surface area contributed by atoms with E-state index in [1.165, 1.54) is 13.3 Å². The summed E-state index contributed by atoms with van der Waals surface area (Å²) in [6.07, 6.45) is 3.98. The molecule has 1 fully saturated rings. The van der Waals surface area contributed by atoms with Gasteiger partial charge in [-0.05, 0) is 35.6 Å². The molecule has 9 nitrogen and oxygen atoms in total. The van der Waals surface area contributed by atoms with Gasteiger partial charge in [0.15, 0.2) is 0 Å². The van der Waals surface area contributed by atoms with Gasteiger partial charge in [-0.1, -0.05) is 36.4 Å². The van der Waals surface area contributed by atoms with Gasteiger partial charge in [0.25, 0.3) is 5.91 Å². The van der Waals surface area contributed by atoms with Crippen molar-refractivity contribution in [2.24, 2.45) is 11.7 Å². The fourth-order valence-corrected chi connectivity index (χ4v) is 4.20. The third kappa shape index (κ3) is 5.25. The van der Waals surface area contributed by atoms with Crippen LogP contribution in [0.4, 0.5) is 0 Å². The molecule has 1 aliphatic rings. The van der Waals surface area contributed by atoms with Crippen LogP contribution in [0.2, 0.25) is 0 Å². The number of carbonyl (C=O) groups excluding carboxylic acids is 2. The molecule has 1 saturated heterocycles. The first-order valence-electron chi connectivity index (χ1n) is 11.0. The lowest BCUT2D eigenvalue weighted by Gasteiger charge is -2.24. The van der Waals surface area contributed by atoms with E-state index in [4.69, 9.17) is 20.6 Å². The number of aromatic amines is 1. The smallest absolute Gasteiger partial charge is 0.305 e. The second-order valence-corrected chi connectivity index (χ2v) is 8.31. The second kappa shape index (κ2) is 10.2. The highest BCUT2D eigenvalue weighted by molar-refractivity contribution is 5.95. The summed E-state index contributed by atoms with van der Waals surface area (Å²) in [5.41, 5.74) is 8.70. The largest absolute Gasteiger partial charge is 0.491 e. The van der Waals surface area contributed by atoms with Crippen molar-refractivity contribution in [3.8, 4) is 16.9 Å². The number of methoxy groups -OCH3 is 1. The molecule has 3 aromatic rings.